The van der Waals surface area contributed by atoms with Crippen LogP contribution in [-0.2, 0) is 17.7 Å². The Morgan fingerprint density at radius 1 is 1.16 bits per heavy atom. The minimum Gasteiger partial charge on any atom is -0.508 e. The van der Waals surface area contributed by atoms with Crippen LogP contribution < -0.4 is 5.32 Å². The number of ether oxygens (including phenoxy) is 1. The second-order valence-corrected chi connectivity index (χ2v) is 7.60. The van der Waals surface area contributed by atoms with Gasteiger partial charge in [-0.2, -0.15) is 0 Å². The normalized spacial score (nSPS) is 14.0. The van der Waals surface area contributed by atoms with Gasteiger partial charge in [0.15, 0.2) is 17.3 Å². The fourth-order valence-electron chi connectivity index (χ4n) is 3.52. The van der Waals surface area contributed by atoms with Crippen molar-refractivity contribution >= 4 is 17.0 Å². The second kappa shape index (κ2) is 8.27. The van der Waals surface area contributed by atoms with Gasteiger partial charge in [0.05, 0.1) is 25.7 Å². The summed E-state index contributed by atoms with van der Waals surface area (Å²) in [6.45, 7) is 2.81. The van der Waals surface area contributed by atoms with Crippen molar-refractivity contribution in [2.45, 2.75) is 13.0 Å². The number of aromatic hydroxyl groups is 1. The first-order valence-corrected chi connectivity index (χ1v) is 10.1. The number of phenolic OH excluding ortho intramolecular Hbond substituents is 1. The van der Waals surface area contributed by atoms with Gasteiger partial charge in [0.25, 0.3) is 0 Å². The number of pyridine rings is 1. The minimum absolute atomic E-state index is 0.241. The van der Waals surface area contributed by atoms with E-state index in [1.165, 1.54) is 6.07 Å². The number of fused-ring (bicyclic) bond motifs is 1. The summed E-state index contributed by atoms with van der Waals surface area (Å²) in [6.07, 6.45) is 5.20. The van der Waals surface area contributed by atoms with E-state index in [0.29, 0.717) is 40.8 Å². The molecular formula is C22H21FN6O2. The summed E-state index contributed by atoms with van der Waals surface area (Å²) in [5.41, 5.74) is 2.94. The topological polar surface area (TPSA) is 98.0 Å². The zero-order valence-corrected chi connectivity index (χ0v) is 16.7. The van der Waals surface area contributed by atoms with Gasteiger partial charge in [-0.25, -0.2) is 19.3 Å². The SMILES string of the molecule is Oc1ccc(CCNc2nc(-c3cncc(F)c3)nc3c2ncn3CC2COC2)cc1. The Labute approximate surface area is 177 Å². The first kappa shape index (κ1) is 19.4. The van der Waals surface area contributed by atoms with Gasteiger partial charge < -0.3 is 19.7 Å². The molecule has 0 spiro atoms. The Hall–Kier alpha value is -3.59. The molecule has 0 atom stereocenters. The maximum atomic E-state index is 13.7. The molecule has 0 aliphatic carbocycles. The van der Waals surface area contributed by atoms with Gasteiger partial charge in [-0.1, -0.05) is 12.1 Å². The Morgan fingerprint density at radius 3 is 2.74 bits per heavy atom. The Kier molecular flexibility index (Phi) is 5.17. The molecule has 0 radical (unpaired) electrons. The largest absolute Gasteiger partial charge is 0.508 e. The first-order chi connectivity index (χ1) is 15.2. The standard InChI is InChI=1S/C22H21FN6O2/c23-17-7-16(8-24-9-17)20-27-21(25-6-5-14-1-3-18(30)4-2-14)19-22(28-20)29(13-26-19)10-15-11-31-12-15/h1-4,7-9,13,15,30H,5-6,10-12H2,(H,25,27,28). The fraction of sp³-hybridized carbons (Fsp3) is 0.273. The van der Waals surface area contributed by atoms with Crippen molar-refractivity contribution in [2.24, 2.45) is 5.92 Å². The minimum atomic E-state index is -0.442. The third-order valence-corrected chi connectivity index (χ3v) is 5.23. The van der Waals surface area contributed by atoms with E-state index in [0.717, 1.165) is 37.9 Å². The van der Waals surface area contributed by atoms with E-state index in [2.05, 4.69) is 25.3 Å². The van der Waals surface area contributed by atoms with E-state index in [9.17, 15) is 9.50 Å². The average Bonchev–Trinajstić information content (AvgIpc) is 3.15. The van der Waals surface area contributed by atoms with Crippen molar-refractivity contribution in [1.82, 2.24) is 24.5 Å². The van der Waals surface area contributed by atoms with E-state index >= 15 is 0 Å². The second-order valence-electron chi connectivity index (χ2n) is 7.60. The van der Waals surface area contributed by atoms with Gasteiger partial charge in [0.2, 0.25) is 0 Å². The molecule has 1 fully saturated rings. The van der Waals surface area contributed by atoms with Crippen LogP contribution >= 0.6 is 0 Å². The van der Waals surface area contributed by atoms with Crippen LogP contribution in [0.2, 0.25) is 0 Å². The molecule has 0 bridgehead atoms. The Bertz CT molecular complexity index is 1210. The molecule has 0 amide bonds. The highest BCUT2D eigenvalue weighted by atomic mass is 19.1. The molecule has 1 aliphatic rings. The van der Waals surface area contributed by atoms with Crippen molar-refractivity contribution in [3.63, 3.8) is 0 Å². The number of anilines is 1. The summed E-state index contributed by atoms with van der Waals surface area (Å²) < 4.78 is 21.0. The van der Waals surface area contributed by atoms with Gasteiger partial charge >= 0.3 is 0 Å². The summed E-state index contributed by atoms with van der Waals surface area (Å²) in [5.74, 6) is 1.20. The van der Waals surface area contributed by atoms with Crippen molar-refractivity contribution < 1.29 is 14.2 Å². The molecule has 3 aromatic heterocycles. The lowest BCUT2D eigenvalue weighted by Crippen LogP contribution is -2.31. The number of rotatable bonds is 7. The molecule has 0 saturated carbocycles. The van der Waals surface area contributed by atoms with Crippen molar-refractivity contribution in [3.05, 3.63) is 60.4 Å². The maximum absolute atomic E-state index is 13.7. The quantitative estimate of drug-likeness (QED) is 0.474. The lowest BCUT2D eigenvalue weighted by Gasteiger charge is -2.26. The molecule has 1 aliphatic heterocycles. The molecule has 1 saturated heterocycles. The molecule has 2 N–H and O–H groups in total. The summed E-state index contributed by atoms with van der Waals surface area (Å²) in [7, 11) is 0. The lowest BCUT2D eigenvalue weighted by molar-refractivity contribution is -0.0390. The van der Waals surface area contributed by atoms with Crippen molar-refractivity contribution in [3.8, 4) is 17.1 Å². The number of halogens is 1. The van der Waals surface area contributed by atoms with Crippen LogP contribution in [0.5, 0.6) is 5.75 Å². The van der Waals surface area contributed by atoms with E-state index in [-0.39, 0.29) is 5.75 Å². The number of benzene rings is 1. The first-order valence-electron chi connectivity index (χ1n) is 10.1. The highest BCUT2D eigenvalue weighted by Crippen LogP contribution is 2.25. The number of nitrogens with one attached hydrogen (secondary N) is 1. The lowest BCUT2D eigenvalue weighted by atomic mass is 10.1. The number of nitrogens with zero attached hydrogens (tertiary/aromatic N) is 5. The number of aromatic nitrogens is 5. The van der Waals surface area contributed by atoms with Gasteiger partial charge in [-0.05, 0) is 30.2 Å². The van der Waals surface area contributed by atoms with Crippen LogP contribution in [0.4, 0.5) is 10.2 Å². The van der Waals surface area contributed by atoms with Crippen LogP contribution in [0, 0.1) is 11.7 Å². The zero-order chi connectivity index (χ0) is 21.2. The molecule has 9 heteroatoms. The third kappa shape index (κ3) is 4.17. The van der Waals surface area contributed by atoms with Crippen LogP contribution in [0.15, 0.2) is 49.1 Å². The maximum Gasteiger partial charge on any atom is 0.166 e. The fourth-order valence-corrected chi connectivity index (χ4v) is 3.52. The Balaban J connectivity index is 1.46. The molecule has 4 heterocycles. The number of imidazole rings is 1. The molecule has 5 rings (SSSR count). The molecule has 0 unspecified atom stereocenters. The van der Waals surface area contributed by atoms with Gasteiger partial charge in [-0.3, -0.25) is 4.98 Å². The predicted octanol–water partition coefficient (Wildman–Crippen LogP) is 3.03. The van der Waals surface area contributed by atoms with Crippen molar-refractivity contribution in [1.29, 1.82) is 0 Å². The van der Waals surface area contributed by atoms with Crippen molar-refractivity contribution in [2.75, 3.05) is 25.1 Å². The Morgan fingerprint density at radius 2 is 2.00 bits per heavy atom. The van der Waals surface area contributed by atoms with Gasteiger partial charge in [0.1, 0.15) is 17.1 Å². The zero-order valence-electron chi connectivity index (χ0n) is 16.7. The third-order valence-electron chi connectivity index (χ3n) is 5.23. The summed E-state index contributed by atoms with van der Waals surface area (Å²) >= 11 is 0. The van der Waals surface area contributed by atoms with Gasteiger partial charge in [0, 0.05) is 30.8 Å². The monoisotopic (exact) mass is 420 g/mol. The smallest absolute Gasteiger partial charge is 0.166 e. The van der Waals surface area contributed by atoms with Crippen LogP contribution in [0.3, 0.4) is 0 Å². The van der Waals surface area contributed by atoms with E-state index < -0.39 is 5.82 Å². The van der Waals surface area contributed by atoms with Crippen LogP contribution in [0.1, 0.15) is 5.56 Å². The molecule has 1 aromatic carbocycles. The number of hydrogen-bond donors (Lipinski definition) is 2. The van der Waals surface area contributed by atoms with E-state index in [4.69, 9.17) is 4.74 Å². The summed E-state index contributed by atoms with van der Waals surface area (Å²) in [5, 5.41) is 12.8. The molecule has 4 aromatic rings. The highest BCUT2D eigenvalue weighted by molar-refractivity contribution is 5.85. The number of phenols is 1. The van der Waals surface area contributed by atoms with Crippen LogP contribution in [0.25, 0.3) is 22.6 Å². The summed E-state index contributed by atoms with van der Waals surface area (Å²) in [4.78, 5) is 17.7. The molecule has 8 nitrogen and oxygen atoms in total. The molecular weight excluding hydrogens is 399 g/mol. The van der Waals surface area contributed by atoms with Crippen LogP contribution in [-0.4, -0.2) is 49.4 Å². The van der Waals surface area contributed by atoms with E-state index in [1.54, 1.807) is 24.7 Å². The average molecular weight is 420 g/mol. The summed E-state index contributed by atoms with van der Waals surface area (Å²) in [6, 6.07) is 8.46. The molecule has 31 heavy (non-hydrogen) atoms. The van der Waals surface area contributed by atoms with Gasteiger partial charge in [-0.15, -0.1) is 0 Å². The van der Waals surface area contributed by atoms with E-state index in [1.807, 2.05) is 16.7 Å². The predicted molar refractivity (Wildman–Crippen MR) is 113 cm³/mol. The highest BCUT2D eigenvalue weighted by Gasteiger charge is 2.21. The molecule has 158 valence electrons. The number of hydrogen-bond acceptors (Lipinski definition) is 7.